The van der Waals surface area contributed by atoms with Crippen LogP contribution in [0.3, 0.4) is 0 Å². The molecule has 4 aliphatic rings. The monoisotopic (exact) mass is 410 g/mol. The molecule has 0 unspecified atom stereocenters. The summed E-state index contributed by atoms with van der Waals surface area (Å²) in [6.45, 7) is 10.8. The Labute approximate surface area is 177 Å². The Morgan fingerprint density at radius 1 is 0.517 bits per heavy atom. The van der Waals surface area contributed by atoms with Gasteiger partial charge in [0.2, 0.25) is 0 Å². The van der Waals surface area contributed by atoms with Crippen molar-refractivity contribution in [2.45, 2.75) is 82.2 Å². The van der Waals surface area contributed by atoms with Crippen LogP contribution < -0.4 is 0 Å². The van der Waals surface area contributed by atoms with Gasteiger partial charge in [0, 0.05) is 52.6 Å². The molecule has 0 aliphatic carbocycles. The largest absolute Gasteiger partial charge is 0.381 e. The molecule has 0 radical (unpaired) electrons. The van der Waals surface area contributed by atoms with E-state index in [-0.39, 0.29) is 0 Å². The van der Waals surface area contributed by atoms with Crippen LogP contribution >= 0.6 is 0 Å². The van der Waals surface area contributed by atoms with Crippen LogP contribution in [0.5, 0.6) is 0 Å². The number of ether oxygens (including phenoxy) is 4. The fraction of sp³-hybridized carbons (Fsp3) is 1.00. The van der Waals surface area contributed by atoms with E-state index in [4.69, 9.17) is 18.9 Å². The van der Waals surface area contributed by atoms with E-state index in [1.54, 1.807) is 0 Å². The lowest BCUT2D eigenvalue weighted by molar-refractivity contribution is -0.0860. The molecular formula is C23H42N2O4. The van der Waals surface area contributed by atoms with Crippen molar-refractivity contribution in [1.29, 1.82) is 0 Å². The van der Waals surface area contributed by atoms with Gasteiger partial charge >= 0.3 is 0 Å². The average Bonchev–Trinajstić information content (AvgIpc) is 2.78. The highest BCUT2D eigenvalue weighted by Gasteiger charge is 2.26. The van der Waals surface area contributed by atoms with E-state index in [0.29, 0.717) is 24.4 Å². The van der Waals surface area contributed by atoms with Crippen LogP contribution in [0.4, 0.5) is 0 Å². The molecule has 168 valence electrons. The minimum absolute atomic E-state index is 0.443. The third kappa shape index (κ3) is 7.44. The fourth-order valence-corrected chi connectivity index (χ4v) is 5.22. The van der Waals surface area contributed by atoms with Gasteiger partial charge in [-0.05, 0) is 70.9 Å². The normalized spacial score (nSPS) is 28.1. The van der Waals surface area contributed by atoms with E-state index in [1.165, 1.54) is 71.4 Å². The summed E-state index contributed by atoms with van der Waals surface area (Å²) in [5.74, 6) is 0. The molecule has 0 saturated carbocycles. The number of nitrogens with zero attached hydrogens (tertiary/aromatic N) is 2. The number of rotatable bonds is 8. The third-order valence-corrected chi connectivity index (χ3v) is 7.12. The standard InChI is InChI=1S/C23H42N2O4/c1(10-24-12-2-20(3-13-24)28-22-6-16-26-17-7-22)11-25-14-4-21(5-15-25)29-23-8-18-27-19-9-23/h20-23H,1-19H2. The van der Waals surface area contributed by atoms with Crippen LogP contribution in [0, 0.1) is 0 Å². The molecule has 29 heavy (non-hydrogen) atoms. The fourth-order valence-electron chi connectivity index (χ4n) is 5.22. The molecule has 4 rings (SSSR count). The zero-order valence-corrected chi connectivity index (χ0v) is 18.3. The summed E-state index contributed by atoms with van der Waals surface area (Å²) < 4.78 is 23.5. The first-order valence-corrected chi connectivity index (χ1v) is 12.3. The van der Waals surface area contributed by atoms with Gasteiger partial charge in [-0.15, -0.1) is 0 Å². The lowest BCUT2D eigenvalue weighted by atomic mass is 10.1. The van der Waals surface area contributed by atoms with Gasteiger partial charge in [-0.1, -0.05) is 0 Å². The van der Waals surface area contributed by atoms with Gasteiger partial charge in [-0.2, -0.15) is 0 Å². The van der Waals surface area contributed by atoms with E-state index in [2.05, 4.69) is 9.80 Å². The molecule has 4 fully saturated rings. The van der Waals surface area contributed by atoms with Gasteiger partial charge in [0.15, 0.2) is 0 Å². The molecule has 0 N–H and O–H groups in total. The second kappa shape index (κ2) is 12.0. The predicted octanol–water partition coefficient (Wildman–Crippen LogP) is 2.70. The number of hydrogen-bond donors (Lipinski definition) is 0. The molecular weight excluding hydrogens is 368 g/mol. The Hall–Kier alpha value is -0.240. The summed E-state index contributed by atoms with van der Waals surface area (Å²) in [5, 5.41) is 0. The van der Waals surface area contributed by atoms with Crippen molar-refractivity contribution in [3.8, 4) is 0 Å². The Balaban J connectivity index is 1.03. The van der Waals surface area contributed by atoms with Gasteiger partial charge in [-0.3, -0.25) is 0 Å². The number of likely N-dealkylation sites (tertiary alicyclic amines) is 2. The zero-order valence-electron chi connectivity index (χ0n) is 18.3. The quantitative estimate of drug-likeness (QED) is 0.613. The van der Waals surface area contributed by atoms with Crippen LogP contribution in [0.2, 0.25) is 0 Å². The van der Waals surface area contributed by atoms with Crippen LogP contribution in [-0.4, -0.2) is 99.9 Å². The summed E-state index contributed by atoms with van der Waals surface area (Å²) in [6.07, 6.45) is 12.3. The van der Waals surface area contributed by atoms with Crippen LogP contribution in [0.25, 0.3) is 0 Å². The number of hydrogen-bond acceptors (Lipinski definition) is 6. The Morgan fingerprint density at radius 3 is 1.24 bits per heavy atom. The second-order valence-corrected chi connectivity index (χ2v) is 9.33. The number of piperidine rings is 2. The second-order valence-electron chi connectivity index (χ2n) is 9.33. The first kappa shape index (κ1) is 22.0. The van der Waals surface area contributed by atoms with Gasteiger partial charge < -0.3 is 28.7 Å². The van der Waals surface area contributed by atoms with E-state index >= 15 is 0 Å². The van der Waals surface area contributed by atoms with E-state index in [9.17, 15) is 0 Å². The van der Waals surface area contributed by atoms with Crippen molar-refractivity contribution in [2.75, 3.05) is 65.7 Å². The van der Waals surface area contributed by atoms with Crippen LogP contribution in [-0.2, 0) is 18.9 Å². The molecule has 4 aliphatic heterocycles. The van der Waals surface area contributed by atoms with Gasteiger partial charge in [0.1, 0.15) is 0 Å². The van der Waals surface area contributed by atoms with Gasteiger partial charge in [0.05, 0.1) is 24.4 Å². The Bertz CT molecular complexity index is 398. The summed E-state index contributed by atoms with van der Waals surface area (Å²) in [5.41, 5.74) is 0. The van der Waals surface area contributed by atoms with Crippen molar-refractivity contribution < 1.29 is 18.9 Å². The van der Waals surface area contributed by atoms with Gasteiger partial charge in [-0.25, -0.2) is 0 Å². The Morgan fingerprint density at radius 2 is 0.862 bits per heavy atom. The van der Waals surface area contributed by atoms with Crippen LogP contribution in [0.1, 0.15) is 57.8 Å². The minimum Gasteiger partial charge on any atom is -0.381 e. The van der Waals surface area contributed by atoms with Crippen molar-refractivity contribution in [1.82, 2.24) is 9.80 Å². The predicted molar refractivity (Wildman–Crippen MR) is 113 cm³/mol. The molecule has 6 nitrogen and oxygen atoms in total. The van der Waals surface area contributed by atoms with Crippen molar-refractivity contribution in [2.24, 2.45) is 0 Å². The van der Waals surface area contributed by atoms with Gasteiger partial charge in [0.25, 0.3) is 0 Å². The third-order valence-electron chi connectivity index (χ3n) is 7.12. The zero-order chi connectivity index (χ0) is 19.7. The topological polar surface area (TPSA) is 43.4 Å². The van der Waals surface area contributed by atoms with Crippen LogP contribution in [0.15, 0.2) is 0 Å². The van der Waals surface area contributed by atoms with E-state index < -0.39 is 0 Å². The summed E-state index contributed by atoms with van der Waals surface area (Å²) >= 11 is 0. The highest BCUT2D eigenvalue weighted by Crippen LogP contribution is 2.22. The molecule has 0 atom stereocenters. The minimum atomic E-state index is 0.443. The molecule has 0 aromatic carbocycles. The summed E-state index contributed by atoms with van der Waals surface area (Å²) in [7, 11) is 0. The lowest BCUT2D eigenvalue weighted by Crippen LogP contribution is -2.42. The molecule has 0 bridgehead atoms. The maximum Gasteiger partial charge on any atom is 0.0622 e. The maximum absolute atomic E-state index is 6.31. The molecule has 4 heterocycles. The first-order valence-electron chi connectivity index (χ1n) is 12.3. The van der Waals surface area contributed by atoms with E-state index in [1.807, 2.05) is 0 Å². The molecule has 0 aromatic rings. The highest BCUT2D eigenvalue weighted by molar-refractivity contribution is 4.77. The molecule has 4 saturated heterocycles. The average molecular weight is 411 g/mol. The summed E-state index contributed by atoms with van der Waals surface area (Å²) in [4.78, 5) is 5.29. The molecule has 0 aromatic heterocycles. The maximum atomic E-state index is 6.31. The smallest absolute Gasteiger partial charge is 0.0622 e. The van der Waals surface area contributed by atoms with Crippen molar-refractivity contribution in [3.63, 3.8) is 0 Å². The first-order chi connectivity index (χ1) is 14.3. The summed E-state index contributed by atoms with van der Waals surface area (Å²) in [6, 6.07) is 0. The molecule has 0 amide bonds. The van der Waals surface area contributed by atoms with E-state index in [0.717, 1.165) is 52.1 Å². The Kier molecular flexibility index (Phi) is 9.07. The SMILES string of the molecule is C(CN1CCC(OC2CCOCC2)CC1)CN1CCC(OC2CCOCC2)CC1. The molecule has 0 spiro atoms. The lowest BCUT2D eigenvalue weighted by Gasteiger charge is -2.36. The van der Waals surface area contributed by atoms with Crippen molar-refractivity contribution in [3.05, 3.63) is 0 Å². The highest BCUT2D eigenvalue weighted by atomic mass is 16.5. The van der Waals surface area contributed by atoms with Crippen molar-refractivity contribution >= 4 is 0 Å². The molecule has 6 heteroatoms.